The maximum Gasteiger partial charge on any atom is 0.342 e. The van der Waals surface area contributed by atoms with Gasteiger partial charge in [-0.1, -0.05) is 0 Å². The number of hydrogen-bond donors (Lipinski definition) is 27. The van der Waals surface area contributed by atoms with Crippen molar-refractivity contribution in [2.45, 2.75) is 61.4 Å². The molecule has 3 aliphatic heterocycles. The second-order valence-electron chi connectivity index (χ2n) is 26.2. The lowest BCUT2D eigenvalue weighted by atomic mass is 9.91. The minimum Gasteiger partial charge on any atom is -0.504 e. The lowest BCUT2D eigenvalue weighted by Crippen LogP contribution is -2.63. The van der Waals surface area contributed by atoms with Gasteiger partial charge in [-0.3, -0.25) is 0 Å². The average Bonchev–Trinajstić information content (AvgIpc) is 1.72. The van der Waals surface area contributed by atoms with Gasteiger partial charge in [-0.05, 0) is 78.9 Å². The summed E-state index contributed by atoms with van der Waals surface area (Å²) in [6, 6.07) is 5.85. The van der Waals surface area contributed by atoms with E-state index in [1.807, 2.05) is 0 Å². The number of ether oxygens (including phenoxy) is 12. The van der Waals surface area contributed by atoms with E-state index in [4.69, 9.17) is 56.8 Å². The zero-order valence-corrected chi connectivity index (χ0v) is 60.5. The number of phenols is 26. The quantitative estimate of drug-likeness (QED) is 0.0354. The van der Waals surface area contributed by atoms with Crippen LogP contribution in [-0.2, 0) is 52.1 Å². The maximum atomic E-state index is 15.3. The first kappa shape index (κ1) is 85.1. The largest absolute Gasteiger partial charge is 0.504 e. The highest BCUT2D eigenvalue weighted by Crippen LogP contribution is 2.57. The van der Waals surface area contributed by atoms with Crippen molar-refractivity contribution in [3.8, 4) is 172 Å². The predicted octanol–water partition coefficient (Wildman–Crippen LogP) is 2.77. The Labute approximate surface area is 677 Å². The minimum atomic E-state index is -2.84. The number of aliphatic hydroxyl groups is 1. The Morgan fingerprint density at radius 1 is 0.317 bits per heavy atom. The minimum absolute atomic E-state index is 0.126. The first-order chi connectivity index (χ1) is 57.8. The lowest BCUT2D eigenvalue weighted by molar-refractivity contribution is -0.284. The Hall–Kier alpha value is -17.3. The summed E-state index contributed by atoms with van der Waals surface area (Å²) in [5, 5.41) is 289. The number of cyclic esters (lactones) is 1. The number of aromatic hydroxyl groups is 26. The molecule has 12 rings (SSSR count). The molecule has 2 fully saturated rings. The number of esters is 9. The second-order valence-corrected chi connectivity index (χ2v) is 26.2. The zero-order chi connectivity index (χ0) is 90.0. The van der Waals surface area contributed by atoms with Crippen molar-refractivity contribution in [3.63, 3.8) is 0 Å². The highest BCUT2D eigenvalue weighted by molar-refractivity contribution is 6.09. The van der Waals surface area contributed by atoms with Crippen molar-refractivity contribution in [1.82, 2.24) is 0 Å². The summed E-state index contributed by atoms with van der Waals surface area (Å²) < 4.78 is 67.5. The molecule has 3 heterocycles. The molecule has 0 spiro atoms. The summed E-state index contributed by atoms with van der Waals surface area (Å²) in [7, 11) is 0. The molecule has 0 bridgehead atoms. The topological polar surface area (TPSA) is 811 Å². The molecule has 0 aromatic heterocycles. The molecule has 48 heteroatoms. The molecule has 0 aliphatic carbocycles. The molecule has 10 atom stereocenters. The van der Waals surface area contributed by atoms with Gasteiger partial charge in [0.2, 0.25) is 35.4 Å². The Bertz CT molecular complexity index is 5810. The van der Waals surface area contributed by atoms with Gasteiger partial charge in [0.1, 0.15) is 31.0 Å². The predicted molar refractivity (Wildman–Crippen MR) is 381 cm³/mol. The third-order valence-corrected chi connectivity index (χ3v) is 18.3. The van der Waals surface area contributed by atoms with E-state index in [0.29, 0.717) is 72.8 Å². The normalized spacial score (nSPS) is 19.1. The van der Waals surface area contributed by atoms with E-state index in [0.717, 1.165) is 0 Å². The molecule has 48 nitrogen and oxygen atoms in total. The second kappa shape index (κ2) is 32.6. The fourth-order valence-electron chi connectivity index (χ4n) is 12.2. The molecule has 3 aliphatic rings. The van der Waals surface area contributed by atoms with Gasteiger partial charge < -0.3 is 195 Å². The van der Waals surface area contributed by atoms with Crippen molar-refractivity contribution < 1.29 is 238 Å². The van der Waals surface area contributed by atoms with Gasteiger partial charge in [-0.25, -0.2) is 43.2 Å². The van der Waals surface area contributed by atoms with Crippen LogP contribution in [0.5, 0.6) is 161 Å². The SMILES string of the molecule is O=C(OCC1OC(O)C(OC(=O)c2cc(O)c(O)c(O)c2)C(OC(=O)c2cc(O)c(O)c(O)c2)C1OC(=O)c1cc(O)c(O)c(O)c1Oc1cc2c(c(O)c1O)-c1c(cc(O)c(O)c1O)C(=O)OC1C(COC2=O)OC(OC(=O)c2cc(O)c(O)c(O)c2)C(OC(=O)c2cc(O)c(O)c(O)c2)C1OC(=O)c1cc(O)c(O)c(O)c1)c1cc(O)c(O)c(O)c1. The molecule has 9 aromatic rings. The summed E-state index contributed by atoms with van der Waals surface area (Å²) in [5.41, 5.74) is -13.0. The average molecular weight is 1730 g/mol. The van der Waals surface area contributed by atoms with Crippen molar-refractivity contribution in [3.05, 3.63) is 141 Å². The molecular weight excluding hydrogens is 1670 g/mol. The van der Waals surface area contributed by atoms with Gasteiger partial charge in [0.25, 0.3) is 0 Å². The standard InChI is InChI=1S/C75H56O48/c76-27-1-18(2-28(77)46(27)90)65(102)112-16-42-59(61(119-66(103)19-3-29(78)47(91)30(79)4-19)63(74(111)115-42)121-68(105)21-7-33(82)49(93)34(83)8-21)118-73(110)26-14-40(89)53(97)57(101)58(26)114-41-15-25-45(56(100)54(41)98)44-24(13-39(88)52(96)55(44)99)72(109)117-60-43(17-113-71(25)108)116-75(123-70(107)23-11-37(86)51(95)38(87)12-23)64(122-69(106)22-9-35(84)50(94)36(85)10-22)62(60)120-67(104)20-5-31(80)48(92)32(81)6-20/h1-15,42-43,59-64,74-101,111H,16-17H2. The number of aliphatic hydroxyl groups excluding tert-OH is 1. The van der Waals surface area contributed by atoms with Crippen LogP contribution >= 0.6 is 0 Å². The van der Waals surface area contributed by atoms with Gasteiger partial charge in [0, 0.05) is 23.3 Å². The summed E-state index contributed by atoms with van der Waals surface area (Å²) in [5.74, 6) is -56.4. The Kier molecular flexibility index (Phi) is 22.6. The third-order valence-electron chi connectivity index (χ3n) is 18.3. The van der Waals surface area contributed by atoms with Gasteiger partial charge in [-0.2, -0.15) is 0 Å². The summed E-state index contributed by atoms with van der Waals surface area (Å²) in [4.78, 5) is 131. The molecule has 2 saturated heterocycles. The summed E-state index contributed by atoms with van der Waals surface area (Å²) in [6.45, 7) is -3.11. The molecule has 0 amide bonds. The third kappa shape index (κ3) is 16.2. The van der Waals surface area contributed by atoms with Crippen LogP contribution < -0.4 is 4.74 Å². The van der Waals surface area contributed by atoms with Crippen molar-refractivity contribution in [2.24, 2.45) is 0 Å². The fraction of sp³-hybridized carbons (Fsp3) is 0.160. The lowest BCUT2D eigenvalue weighted by Gasteiger charge is -2.43. The number of rotatable bonds is 17. The Balaban J connectivity index is 0.982. The monoisotopic (exact) mass is 1720 g/mol. The number of hydrogen-bond acceptors (Lipinski definition) is 48. The number of carbonyl (C=O) groups excluding carboxylic acids is 9. The van der Waals surface area contributed by atoms with E-state index in [2.05, 4.69) is 0 Å². The zero-order valence-electron chi connectivity index (χ0n) is 60.5. The molecule has 123 heavy (non-hydrogen) atoms. The molecule has 9 aromatic carbocycles. The number of carbonyl (C=O) groups is 9. The Morgan fingerprint density at radius 3 is 1.07 bits per heavy atom. The van der Waals surface area contributed by atoms with Crippen molar-refractivity contribution in [2.75, 3.05) is 13.2 Å². The van der Waals surface area contributed by atoms with Crippen LogP contribution in [0.1, 0.15) is 93.2 Å². The first-order valence-electron chi connectivity index (χ1n) is 34.0. The van der Waals surface area contributed by atoms with Crippen molar-refractivity contribution in [1.29, 1.82) is 0 Å². The van der Waals surface area contributed by atoms with Crippen LogP contribution in [-0.4, -0.2) is 266 Å². The highest BCUT2D eigenvalue weighted by atomic mass is 16.8. The number of fused-ring (bicyclic) bond motifs is 4. The van der Waals surface area contributed by atoms with E-state index in [1.165, 1.54) is 0 Å². The van der Waals surface area contributed by atoms with E-state index in [-0.39, 0.29) is 18.2 Å². The summed E-state index contributed by atoms with van der Waals surface area (Å²) >= 11 is 0. The van der Waals surface area contributed by atoms with E-state index < -0.39 is 351 Å². The fourth-order valence-corrected chi connectivity index (χ4v) is 12.2. The molecule has 644 valence electrons. The van der Waals surface area contributed by atoms with Gasteiger partial charge >= 0.3 is 53.7 Å². The van der Waals surface area contributed by atoms with Crippen LogP contribution in [0.25, 0.3) is 11.1 Å². The van der Waals surface area contributed by atoms with Gasteiger partial charge in [0.15, 0.2) is 175 Å². The number of benzene rings is 9. The molecular formula is C75H56O48. The molecule has 27 N–H and O–H groups in total. The van der Waals surface area contributed by atoms with E-state index >= 15 is 14.4 Å². The molecule has 0 radical (unpaired) electrons. The van der Waals surface area contributed by atoms with Gasteiger partial charge in [0.05, 0.1) is 44.5 Å². The van der Waals surface area contributed by atoms with Crippen molar-refractivity contribution >= 4 is 53.7 Å². The van der Waals surface area contributed by atoms with Crippen LogP contribution in [0.3, 0.4) is 0 Å². The molecule has 0 saturated carbocycles. The summed E-state index contributed by atoms with van der Waals surface area (Å²) in [6.07, 6.45) is -27.4. The van der Waals surface area contributed by atoms with Crippen LogP contribution in [0.2, 0.25) is 0 Å². The van der Waals surface area contributed by atoms with Crippen LogP contribution in [0.4, 0.5) is 0 Å². The van der Waals surface area contributed by atoms with Gasteiger partial charge in [-0.15, -0.1) is 0 Å². The highest BCUT2D eigenvalue weighted by Gasteiger charge is 2.57. The first-order valence-corrected chi connectivity index (χ1v) is 34.0. The van der Waals surface area contributed by atoms with E-state index in [9.17, 15) is 167 Å². The number of phenolic OH excluding ortho intramolecular Hbond substituents is 26. The maximum absolute atomic E-state index is 15.3. The Morgan fingerprint density at radius 2 is 0.650 bits per heavy atom. The molecule has 10 unspecified atom stereocenters. The van der Waals surface area contributed by atoms with Crippen LogP contribution in [0, 0.1) is 0 Å². The van der Waals surface area contributed by atoms with E-state index in [1.54, 1.807) is 0 Å². The van der Waals surface area contributed by atoms with Crippen LogP contribution in [0.15, 0.2) is 91.0 Å². The smallest absolute Gasteiger partial charge is 0.342 e.